The highest BCUT2D eigenvalue weighted by atomic mass is 16.5. The Morgan fingerprint density at radius 2 is 1.66 bits per heavy atom. The van der Waals surface area contributed by atoms with Crippen LogP contribution in [0, 0.1) is 0 Å². The summed E-state index contributed by atoms with van der Waals surface area (Å²) in [6.45, 7) is 5.33. The van der Waals surface area contributed by atoms with Gasteiger partial charge in [0, 0.05) is 26.2 Å². The Balaban J connectivity index is 1.24. The fraction of sp³-hybridized carbons (Fsp3) is 0.310. The molecule has 3 N–H and O–H groups in total. The summed E-state index contributed by atoms with van der Waals surface area (Å²) in [5, 5.41) is 9.29. The smallest absolute Gasteiger partial charge is 0.293 e. The van der Waals surface area contributed by atoms with Gasteiger partial charge in [0.1, 0.15) is 18.8 Å². The van der Waals surface area contributed by atoms with Crippen LogP contribution in [0.15, 0.2) is 84.5 Å². The Bertz CT molecular complexity index is 1640. The quantitative estimate of drug-likeness (QED) is 0.294. The number of H-pyrrole nitrogens is 1. The summed E-state index contributed by atoms with van der Waals surface area (Å²) in [7, 11) is 0. The summed E-state index contributed by atoms with van der Waals surface area (Å²) < 4.78 is 9.69. The monoisotopic (exact) mass is 550 g/mol. The van der Waals surface area contributed by atoms with Crippen molar-refractivity contribution in [3.63, 3.8) is 0 Å². The number of nitrogens with zero attached hydrogens (tertiary/aromatic N) is 9. The van der Waals surface area contributed by atoms with Crippen molar-refractivity contribution >= 4 is 23.0 Å². The number of aromatic nitrogens is 7. The Morgan fingerprint density at radius 1 is 0.927 bits per heavy atom. The largest absolute Gasteiger partial charge is 0.463 e. The fourth-order valence-corrected chi connectivity index (χ4v) is 5.84. The summed E-state index contributed by atoms with van der Waals surface area (Å²) in [5.41, 5.74) is 10.7. The number of imidazole rings is 1. The molecule has 3 aromatic heterocycles. The second-order valence-electron chi connectivity index (χ2n) is 10.3. The first kappa shape index (κ1) is 25.1. The predicted molar refractivity (Wildman–Crippen MR) is 153 cm³/mol. The molecule has 41 heavy (non-hydrogen) atoms. The number of benzene rings is 2. The number of piperazine rings is 1. The first-order valence-electron chi connectivity index (χ1n) is 13.9. The van der Waals surface area contributed by atoms with Crippen molar-refractivity contribution in [2.45, 2.75) is 18.6 Å². The van der Waals surface area contributed by atoms with Crippen LogP contribution in [-0.2, 0) is 11.3 Å². The average Bonchev–Trinajstić information content (AvgIpc) is 3.82. The van der Waals surface area contributed by atoms with Crippen molar-refractivity contribution in [1.82, 2.24) is 39.7 Å². The highest BCUT2D eigenvalue weighted by Crippen LogP contribution is 2.37. The molecule has 2 atom stereocenters. The molecule has 5 aromatic rings. The first-order chi connectivity index (χ1) is 20.2. The number of fused-ring (bicyclic) bond motifs is 1. The highest BCUT2D eigenvalue weighted by molar-refractivity contribution is 5.78. The molecule has 12 heteroatoms. The number of nitrogen functional groups attached to an aromatic ring is 1. The number of hydrogen-bond acceptors (Lipinski definition) is 9. The van der Waals surface area contributed by atoms with Crippen LogP contribution in [0.5, 0.6) is 0 Å². The molecule has 2 aliphatic rings. The van der Waals surface area contributed by atoms with E-state index in [-0.39, 0.29) is 12.1 Å². The zero-order valence-electron chi connectivity index (χ0n) is 22.6. The van der Waals surface area contributed by atoms with Gasteiger partial charge >= 0.3 is 0 Å². The van der Waals surface area contributed by atoms with Crippen LogP contribution in [-0.4, -0.2) is 85.1 Å². The van der Waals surface area contributed by atoms with E-state index in [9.17, 15) is 0 Å². The maximum Gasteiger partial charge on any atom is 0.293 e. The minimum atomic E-state index is -0.105. The third kappa shape index (κ3) is 4.97. The van der Waals surface area contributed by atoms with Gasteiger partial charge in [0.05, 0.1) is 24.8 Å². The summed E-state index contributed by atoms with van der Waals surface area (Å²) in [6, 6.07) is 22.0. The van der Waals surface area contributed by atoms with Crippen molar-refractivity contribution in [3.05, 3.63) is 96.3 Å². The second kappa shape index (κ2) is 11.0. The van der Waals surface area contributed by atoms with Crippen LogP contribution in [0.25, 0.3) is 11.2 Å². The third-order valence-electron chi connectivity index (χ3n) is 7.79. The van der Waals surface area contributed by atoms with E-state index in [1.165, 1.54) is 11.1 Å². The Hall–Kier alpha value is -4.84. The normalized spacial score (nSPS) is 17.4. The number of anilines is 1. The molecule has 208 valence electrons. The molecule has 5 heterocycles. The molecular formula is C29H32N11O+. The number of nitrogens with two attached hydrogens (primary N) is 1. The lowest BCUT2D eigenvalue weighted by molar-refractivity contribution is -0.667. The summed E-state index contributed by atoms with van der Waals surface area (Å²) >= 11 is 0. The summed E-state index contributed by atoms with van der Waals surface area (Å²) in [6.07, 6.45) is 5.35. The number of aromatic amines is 1. The van der Waals surface area contributed by atoms with E-state index in [1.807, 2.05) is 21.5 Å². The van der Waals surface area contributed by atoms with Gasteiger partial charge in [0.25, 0.3) is 11.7 Å². The molecule has 2 aliphatic heterocycles. The number of aliphatic imine (C=N–C) groups is 1. The topological polar surface area (TPSA) is 130 Å². The van der Waals surface area contributed by atoms with Crippen molar-refractivity contribution in [1.29, 1.82) is 0 Å². The standard InChI is InChI=1S/C29H31N11O/c30-27-24-28(33-19-32-24)39(20-34-27)17-23-18-40(36-35-23)26(22-9-5-2-6-10-22)25(21-7-3-1-4-8-21)37-12-14-38(15-13-37)29-31-11-16-41-29/h1-10,18-20,25-26H,11-17H2,(H2,30,32,33)/p+1. The number of amidine groups is 1. The molecule has 0 saturated carbocycles. The van der Waals surface area contributed by atoms with E-state index in [2.05, 4.69) is 89.4 Å². The van der Waals surface area contributed by atoms with Crippen LogP contribution in [0.1, 0.15) is 28.9 Å². The van der Waals surface area contributed by atoms with Crippen molar-refractivity contribution in [2.24, 2.45) is 4.99 Å². The van der Waals surface area contributed by atoms with Gasteiger partial charge in [-0.15, -0.1) is 5.10 Å². The first-order valence-corrected chi connectivity index (χ1v) is 13.9. The molecule has 2 unspecified atom stereocenters. The minimum absolute atomic E-state index is 0.0330. The van der Waals surface area contributed by atoms with Crippen LogP contribution in [0.3, 0.4) is 0 Å². The number of rotatable bonds is 7. The van der Waals surface area contributed by atoms with E-state index >= 15 is 0 Å². The molecule has 7 rings (SSSR count). The predicted octanol–water partition coefficient (Wildman–Crippen LogP) is 1.80. The van der Waals surface area contributed by atoms with E-state index in [0.29, 0.717) is 24.5 Å². The lowest BCUT2D eigenvalue weighted by atomic mass is 9.91. The maximum atomic E-state index is 6.03. The molecule has 0 aliphatic carbocycles. The summed E-state index contributed by atoms with van der Waals surface area (Å²) in [4.78, 5) is 21.2. The number of hydrogen-bond donors (Lipinski definition) is 2. The SMILES string of the molecule is Nc1nc[n+](Cc2cn(C(c3ccccc3)C(c3ccccc3)N3CCN(C4=NCCO4)CC3)nn2)c2nc[nH]c12. The molecule has 0 radical (unpaired) electrons. The van der Waals surface area contributed by atoms with Gasteiger partial charge in [-0.3, -0.25) is 4.90 Å². The highest BCUT2D eigenvalue weighted by Gasteiger charge is 2.35. The van der Waals surface area contributed by atoms with E-state index in [0.717, 1.165) is 50.1 Å². The van der Waals surface area contributed by atoms with E-state index < -0.39 is 0 Å². The van der Waals surface area contributed by atoms with Crippen LogP contribution in [0.4, 0.5) is 5.82 Å². The van der Waals surface area contributed by atoms with Gasteiger partial charge in [-0.2, -0.15) is 0 Å². The van der Waals surface area contributed by atoms with Crippen LogP contribution < -0.4 is 10.3 Å². The van der Waals surface area contributed by atoms with Gasteiger partial charge in [-0.1, -0.05) is 75.8 Å². The van der Waals surface area contributed by atoms with Crippen LogP contribution >= 0.6 is 0 Å². The summed E-state index contributed by atoms with van der Waals surface area (Å²) in [5.74, 6) is 0.416. The second-order valence-corrected chi connectivity index (χ2v) is 10.3. The zero-order chi connectivity index (χ0) is 27.6. The average molecular weight is 551 g/mol. The minimum Gasteiger partial charge on any atom is -0.463 e. The van der Waals surface area contributed by atoms with E-state index in [1.54, 1.807) is 12.7 Å². The molecule has 0 bridgehead atoms. The number of ether oxygens (including phenoxy) is 1. The van der Waals surface area contributed by atoms with Gasteiger partial charge in [0.15, 0.2) is 11.8 Å². The zero-order valence-corrected chi connectivity index (χ0v) is 22.6. The lowest BCUT2D eigenvalue weighted by Gasteiger charge is -2.42. The van der Waals surface area contributed by atoms with Crippen LogP contribution in [0.2, 0.25) is 0 Å². The Morgan fingerprint density at radius 3 is 2.37 bits per heavy atom. The van der Waals surface area contributed by atoms with Crippen molar-refractivity contribution < 1.29 is 9.30 Å². The van der Waals surface area contributed by atoms with Gasteiger partial charge in [-0.05, 0) is 11.1 Å². The Kier molecular flexibility index (Phi) is 6.73. The molecule has 2 aromatic carbocycles. The van der Waals surface area contributed by atoms with Crippen molar-refractivity contribution in [3.8, 4) is 0 Å². The van der Waals surface area contributed by atoms with Gasteiger partial charge in [0.2, 0.25) is 12.1 Å². The lowest BCUT2D eigenvalue weighted by Crippen LogP contribution is -2.51. The maximum absolute atomic E-state index is 6.03. The number of nitrogens with one attached hydrogen (secondary N) is 1. The fourth-order valence-electron chi connectivity index (χ4n) is 5.84. The molecular weight excluding hydrogens is 518 g/mol. The Labute approximate surface area is 237 Å². The molecule has 0 amide bonds. The molecule has 1 fully saturated rings. The third-order valence-corrected chi connectivity index (χ3v) is 7.79. The molecule has 0 spiro atoms. The van der Waals surface area contributed by atoms with Gasteiger partial charge in [-0.25, -0.2) is 14.2 Å². The van der Waals surface area contributed by atoms with Gasteiger partial charge < -0.3 is 20.4 Å². The molecule has 1 saturated heterocycles. The van der Waals surface area contributed by atoms with E-state index in [4.69, 9.17) is 15.7 Å². The molecule has 12 nitrogen and oxygen atoms in total. The van der Waals surface area contributed by atoms with Crippen molar-refractivity contribution in [2.75, 3.05) is 45.1 Å².